The highest BCUT2D eigenvalue weighted by molar-refractivity contribution is 5.92. The van der Waals surface area contributed by atoms with Crippen LogP contribution in [0.1, 0.15) is 29.9 Å². The highest BCUT2D eigenvalue weighted by Crippen LogP contribution is 2.47. The standard InChI is InChI=1S/C24H28N2O6/c1-30-14-23(29)26-16-7-8-20-18(9-16)19-10-17(31-21(13-27)24(19)32-20)11-22(28)25-12-15-5-3-2-4-6-15/h2-9,17,19,21,24,27H,10-14H2,1H3,(H,25,28)(H,26,29)/t17-,19+,21+,24-/m1/s1. The molecule has 0 spiro atoms. The van der Waals surface area contributed by atoms with E-state index in [2.05, 4.69) is 10.6 Å². The molecular weight excluding hydrogens is 412 g/mol. The third kappa shape index (κ3) is 5.09. The molecule has 8 nitrogen and oxygen atoms in total. The van der Waals surface area contributed by atoms with Crippen LogP contribution in [0.25, 0.3) is 0 Å². The maximum Gasteiger partial charge on any atom is 0.250 e. The third-order valence-corrected chi connectivity index (χ3v) is 5.80. The van der Waals surface area contributed by atoms with Crippen LogP contribution in [0.4, 0.5) is 5.69 Å². The quantitative estimate of drug-likeness (QED) is 0.580. The Morgan fingerprint density at radius 3 is 2.72 bits per heavy atom. The molecule has 0 bridgehead atoms. The van der Waals surface area contributed by atoms with Crippen molar-refractivity contribution in [3.05, 3.63) is 59.7 Å². The van der Waals surface area contributed by atoms with Gasteiger partial charge in [0.25, 0.3) is 0 Å². The fourth-order valence-electron chi connectivity index (χ4n) is 4.37. The van der Waals surface area contributed by atoms with Crippen LogP contribution in [0, 0.1) is 0 Å². The molecule has 4 rings (SSSR count). The van der Waals surface area contributed by atoms with E-state index in [0.29, 0.717) is 24.4 Å². The van der Waals surface area contributed by atoms with Crippen molar-refractivity contribution in [2.45, 2.75) is 43.6 Å². The Labute approximate surface area is 186 Å². The third-order valence-electron chi connectivity index (χ3n) is 5.80. The lowest BCUT2D eigenvalue weighted by molar-refractivity contribution is -0.142. The first kappa shape index (κ1) is 22.3. The number of carbonyl (C=O) groups is 2. The largest absolute Gasteiger partial charge is 0.487 e. The molecule has 0 aliphatic carbocycles. The van der Waals surface area contributed by atoms with E-state index in [1.165, 1.54) is 7.11 Å². The summed E-state index contributed by atoms with van der Waals surface area (Å²) < 4.78 is 16.9. The van der Waals surface area contributed by atoms with Crippen molar-refractivity contribution in [1.82, 2.24) is 5.32 Å². The molecule has 2 aliphatic heterocycles. The van der Waals surface area contributed by atoms with Gasteiger partial charge in [-0.25, -0.2) is 0 Å². The Kier molecular flexibility index (Phi) is 7.04. The van der Waals surface area contributed by atoms with Crippen molar-refractivity contribution in [2.24, 2.45) is 0 Å². The van der Waals surface area contributed by atoms with Gasteiger partial charge < -0.3 is 30.0 Å². The van der Waals surface area contributed by atoms with Crippen LogP contribution in [0.5, 0.6) is 5.75 Å². The Hall–Kier alpha value is -2.94. The second-order valence-corrected chi connectivity index (χ2v) is 8.10. The van der Waals surface area contributed by atoms with Crippen LogP contribution in [-0.2, 0) is 25.6 Å². The van der Waals surface area contributed by atoms with Gasteiger partial charge in [-0.05, 0) is 30.2 Å². The van der Waals surface area contributed by atoms with Gasteiger partial charge in [-0.15, -0.1) is 0 Å². The number of fused-ring (bicyclic) bond motifs is 3. The number of hydrogen-bond acceptors (Lipinski definition) is 6. The number of methoxy groups -OCH3 is 1. The number of amides is 2. The highest BCUT2D eigenvalue weighted by Gasteiger charge is 2.46. The van der Waals surface area contributed by atoms with E-state index in [1.807, 2.05) is 42.5 Å². The monoisotopic (exact) mass is 440 g/mol. The highest BCUT2D eigenvalue weighted by atomic mass is 16.6. The van der Waals surface area contributed by atoms with Crippen LogP contribution in [0.15, 0.2) is 48.5 Å². The SMILES string of the molecule is COCC(=O)Nc1ccc2c(c1)[C@@H]1C[C@H](CC(=O)NCc3ccccc3)O[C@@H](CO)[C@@H]1O2. The van der Waals surface area contributed by atoms with Gasteiger partial charge in [-0.2, -0.15) is 0 Å². The molecule has 1 fully saturated rings. The molecule has 0 aromatic heterocycles. The molecule has 8 heteroatoms. The summed E-state index contributed by atoms with van der Waals surface area (Å²) in [6.45, 7) is 0.229. The zero-order valence-electron chi connectivity index (χ0n) is 18.0. The lowest BCUT2D eigenvalue weighted by Gasteiger charge is -2.37. The zero-order chi connectivity index (χ0) is 22.5. The minimum atomic E-state index is -0.528. The molecule has 32 heavy (non-hydrogen) atoms. The van der Waals surface area contributed by atoms with E-state index < -0.39 is 6.10 Å². The van der Waals surface area contributed by atoms with Crippen molar-refractivity contribution >= 4 is 17.5 Å². The number of anilines is 1. The van der Waals surface area contributed by atoms with Crippen molar-refractivity contribution in [2.75, 3.05) is 25.6 Å². The molecule has 0 saturated carbocycles. The fraction of sp³-hybridized carbons (Fsp3) is 0.417. The summed E-state index contributed by atoms with van der Waals surface area (Å²) in [7, 11) is 1.47. The summed E-state index contributed by atoms with van der Waals surface area (Å²) in [5.74, 6) is 0.327. The normalized spacial score (nSPS) is 23.6. The van der Waals surface area contributed by atoms with Crippen LogP contribution in [-0.4, -0.2) is 55.6 Å². The maximum absolute atomic E-state index is 12.5. The topological polar surface area (TPSA) is 106 Å². The van der Waals surface area contributed by atoms with Crippen LogP contribution >= 0.6 is 0 Å². The predicted octanol–water partition coefficient (Wildman–Crippen LogP) is 1.97. The van der Waals surface area contributed by atoms with Crippen LogP contribution < -0.4 is 15.4 Å². The molecule has 0 radical (unpaired) electrons. The second kappa shape index (κ2) is 10.1. The molecule has 170 valence electrons. The number of ether oxygens (including phenoxy) is 3. The lowest BCUT2D eigenvalue weighted by atomic mass is 9.84. The number of aliphatic hydroxyl groups is 1. The smallest absolute Gasteiger partial charge is 0.250 e. The summed E-state index contributed by atoms with van der Waals surface area (Å²) in [5, 5.41) is 15.6. The van der Waals surface area contributed by atoms with Gasteiger partial charge in [-0.1, -0.05) is 30.3 Å². The minimum Gasteiger partial charge on any atom is -0.487 e. The van der Waals surface area contributed by atoms with Gasteiger partial charge in [0.15, 0.2) is 0 Å². The number of carbonyl (C=O) groups excluding carboxylic acids is 2. The maximum atomic E-state index is 12.5. The molecule has 2 aliphatic rings. The van der Waals surface area contributed by atoms with E-state index in [-0.39, 0.29) is 49.6 Å². The van der Waals surface area contributed by atoms with E-state index in [4.69, 9.17) is 14.2 Å². The second-order valence-electron chi connectivity index (χ2n) is 8.10. The Morgan fingerprint density at radius 2 is 1.97 bits per heavy atom. The summed E-state index contributed by atoms with van der Waals surface area (Å²) >= 11 is 0. The summed E-state index contributed by atoms with van der Waals surface area (Å²) in [4.78, 5) is 24.4. The summed E-state index contributed by atoms with van der Waals surface area (Å²) in [6.07, 6.45) is -0.414. The Balaban J connectivity index is 1.42. The number of hydrogen-bond donors (Lipinski definition) is 3. The van der Waals surface area contributed by atoms with Gasteiger partial charge in [-0.3, -0.25) is 9.59 Å². The van der Waals surface area contributed by atoms with Crippen molar-refractivity contribution in [3.8, 4) is 5.75 Å². The lowest BCUT2D eigenvalue weighted by Crippen LogP contribution is -2.47. The molecule has 0 unspecified atom stereocenters. The Morgan fingerprint density at radius 1 is 1.16 bits per heavy atom. The first-order valence-corrected chi connectivity index (χ1v) is 10.7. The summed E-state index contributed by atoms with van der Waals surface area (Å²) in [6, 6.07) is 15.2. The number of rotatable bonds is 8. The average molecular weight is 440 g/mol. The van der Waals surface area contributed by atoms with E-state index in [1.54, 1.807) is 6.07 Å². The van der Waals surface area contributed by atoms with Gasteiger partial charge in [0.05, 0.1) is 19.1 Å². The summed E-state index contributed by atoms with van der Waals surface area (Å²) in [5.41, 5.74) is 2.63. The van der Waals surface area contributed by atoms with Gasteiger partial charge in [0.1, 0.15) is 24.6 Å². The van der Waals surface area contributed by atoms with Crippen molar-refractivity contribution in [3.63, 3.8) is 0 Å². The molecule has 4 atom stereocenters. The number of aliphatic hydroxyl groups excluding tert-OH is 1. The Bertz CT molecular complexity index is 951. The van der Waals surface area contributed by atoms with Crippen LogP contribution in [0.3, 0.4) is 0 Å². The molecule has 1 saturated heterocycles. The first-order valence-electron chi connectivity index (χ1n) is 10.7. The predicted molar refractivity (Wildman–Crippen MR) is 117 cm³/mol. The molecule has 2 amide bonds. The molecule has 3 N–H and O–H groups in total. The number of benzene rings is 2. The van der Waals surface area contributed by atoms with E-state index in [0.717, 1.165) is 11.1 Å². The van der Waals surface area contributed by atoms with E-state index in [9.17, 15) is 14.7 Å². The minimum absolute atomic E-state index is 0.0275. The van der Waals surface area contributed by atoms with Gasteiger partial charge in [0, 0.05) is 30.8 Å². The molecule has 2 aromatic carbocycles. The van der Waals surface area contributed by atoms with Crippen LogP contribution in [0.2, 0.25) is 0 Å². The van der Waals surface area contributed by atoms with Crippen molar-refractivity contribution in [1.29, 1.82) is 0 Å². The molecule has 2 aromatic rings. The number of nitrogens with one attached hydrogen (secondary N) is 2. The van der Waals surface area contributed by atoms with Crippen molar-refractivity contribution < 1.29 is 28.9 Å². The average Bonchev–Trinajstić information content (AvgIpc) is 3.16. The first-order chi connectivity index (χ1) is 15.6. The fourth-order valence-corrected chi connectivity index (χ4v) is 4.37. The van der Waals surface area contributed by atoms with Gasteiger partial charge >= 0.3 is 0 Å². The molecular formula is C24H28N2O6. The molecule has 2 heterocycles. The van der Waals surface area contributed by atoms with E-state index >= 15 is 0 Å². The van der Waals surface area contributed by atoms with Gasteiger partial charge in [0.2, 0.25) is 11.8 Å². The zero-order valence-corrected chi connectivity index (χ0v) is 18.0.